The van der Waals surface area contributed by atoms with Crippen LogP contribution in [-0.4, -0.2) is 62.4 Å². The number of pyridine rings is 1. The molecule has 2 atom stereocenters. The summed E-state index contributed by atoms with van der Waals surface area (Å²) in [6.45, 7) is 4.60. The third kappa shape index (κ3) is 5.21. The number of hydrogen-bond acceptors (Lipinski definition) is 7. The minimum absolute atomic E-state index is 0.135. The molecular formula is C30H36N4O5S. The first-order valence-corrected chi connectivity index (χ1v) is 15.5. The van der Waals surface area contributed by atoms with E-state index in [9.17, 15) is 18.6 Å². The van der Waals surface area contributed by atoms with Crippen LogP contribution >= 0.6 is 0 Å². The van der Waals surface area contributed by atoms with Crippen molar-refractivity contribution in [3.05, 3.63) is 66.1 Å². The Morgan fingerprint density at radius 3 is 2.52 bits per heavy atom. The molecule has 212 valence electrons. The quantitative estimate of drug-likeness (QED) is 0.271. The van der Waals surface area contributed by atoms with Gasteiger partial charge in [-0.15, -0.1) is 0 Å². The lowest BCUT2D eigenvalue weighted by molar-refractivity contribution is -0.0498. The maximum atomic E-state index is 13.2. The second kappa shape index (κ2) is 10.4. The first kappa shape index (κ1) is 27.1. The topological polar surface area (TPSA) is 130 Å². The molecule has 0 amide bonds. The van der Waals surface area contributed by atoms with Crippen molar-refractivity contribution < 1.29 is 23.4 Å². The molecule has 1 saturated heterocycles. The molecule has 0 bridgehead atoms. The van der Waals surface area contributed by atoms with Crippen LogP contribution in [0.25, 0.3) is 22.3 Å². The molecule has 0 radical (unpaired) electrons. The number of aromatic nitrogens is 4. The van der Waals surface area contributed by atoms with Gasteiger partial charge in [0, 0.05) is 36.1 Å². The highest BCUT2D eigenvalue weighted by atomic mass is 32.2. The van der Waals surface area contributed by atoms with Gasteiger partial charge < -0.3 is 19.9 Å². The van der Waals surface area contributed by atoms with Gasteiger partial charge >= 0.3 is 0 Å². The molecule has 9 nitrogen and oxygen atoms in total. The predicted molar refractivity (Wildman–Crippen MR) is 152 cm³/mol. The molecule has 2 aliphatic rings. The molecule has 4 aromatic rings. The van der Waals surface area contributed by atoms with E-state index in [2.05, 4.69) is 9.97 Å². The molecule has 1 saturated carbocycles. The number of nitrogens with zero attached hydrogens (tertiary/aromatic N) is 3. The molecule has 1 aromatic carbocycles. The Morgan fingerprint density at radius 2 is 1.85 bits per heavy atom. The Balaban J connectivity index is 1.36. The van der Waals surface area contributed by atoms with Crippen molar-refractivity contribution >= 4 is 20.7 Å². The molecule has 2 unspecified atom stereocenters. The molecule has 2 fully saturated rings. The van der Waals surface area contributed by atoms with Crippen molar-refractivity contribution in [1.29, 1.82) is 0 Å². The zero-order valence-electron chi connectivity index (χ0n) is 22.8. The van der Waals surface area contributed by atoms with Crippen LogP contribution in [0.1, 0.15) is 69.4 Å². The zero-order chi connectivity index (χ0) is 28.1. The molecule has 3 aromatic heterocycles. The van der Waals surface area contributed by atoms with Crippen LogP contribution < -0.4 is 0 Å². The van der Waals surface area contributed by atoms with Crippen molar-refractivity contribution in [1.82, 2.24) is 19.7 Å². The number of H-pyrrole nitrogens is 1. The molecule has 10 heteroatoms. The molecule has 1 aliphatic heterocycles. The monoisotopic (exact) mass is 564 g/mol. The van der Waals surface area contributed by atoms with Crippen molar-refractivity contribution in [2.45, 2.75) is 73.8 Å². The van der Waals surface area contributed by atoms with E-state index in [4.69, 9.17) is 9.84 Å². The molecule has 3 N–H and O–H groups in total. The maximum Gasteiger partial charge on any atom is 0.181 e. The fraction of sp³-hybridized carbons (Fsp3) is 0.467. The number of fused-ring (bicyclic) bond motifs is 1. The number of hydrogen-bond donors (Lipinski definition) is 3. The lowest BCUT2D eigenvalue weighted by atomic mass is 9.91. The Labute approximate surface area is 234 Å². The van der Waals surface area contributed by atoms with E-state index < -0.39 is 21.5 Å². The fourth-order valence-corrected chi connectivity index (χ4v) is 7.49. The van der Waals surface area contributed by atoms with Gasteiger partial charge in [-0.25, -0.2) is 8.42 Å². The van der Waals surface area contributed by atoms with Crippen LogP contribution in [0, 0.1) is 5.92 Å². The van der Waals surface area contributed by atoms with Crippen molar-refractivity contribution in [2.75, 3.05) is 13.2 Å². The van der Waals surface area contributed by atoms with E-state index in [1.807, 2.05) is 35.0 Å². The molecular weight excluding hydrogens is 528 g/mol. The van der Waals surface area contributed by atoms with E-state index in [1.54, 1.807) is 38.4 Å². The van der Waals surface area contributed by atoms with Crippen molar-refractivity contribution in [3.8, 4) is 11.4 Å². The molecule has 4 heterocycles. The van der Waals surface area contributed by atoms with Crippen molar-refractivity contribution in [3.63, 3.8) is 0 Å². The number of rotatable bonds is 9. The summed E-state index contributed by atoms with van der Waals surface area (Å²) in [5.74, 6) is 0.448. The molecule has 40 heavy (non-hydrogen) atoms. The number of ether oxygens (including phenoxy) is 1. The first-order chi connectivity index (χ1) is 19.1. The zero-order valence-corrected chi connectivity index (χ0v) is 23.6. The van der Waals surface area contributed by atoms with E-state index in [-0.39, 0.29) is 11.3 Å². The second-order valence-electron chi connectivity index (χ2n) is 11.7. The average molecular weight is 565 g/mol. The van der Waals surface area contributed by atoms with Gasteiger partial charge in [-0.2, -0.15) is 5.10 Å². The van der Waals surface area contributed by atoms with Gasteiger partial charge in [0.05, 0.1) is 44.9 Å². The summed E-state index contributed by atoms with van der Waals surface area (Å²) in [6.07, 6.45) is 6.45. The number of aromatic amines is 1. The Bertz CT molecular complexity index is 1590. The van der Waals surface area contributed by atoms with Gasteiger partial charge in [-0.05, 0) is 82.2 Å². The lowest BCUT2D eigenvalue weighted by Crippen LogP contribution is -2.28. The minimum atomic E-state index is -3.37. The second-order valence-corrected chi connectivity index (χ2v) is 13.9. The Hall–Kier alpha value is -3.05. The number of nitrogens with one attached hydrogen (secondary N) is 1. The van der Waals surface area contributed by atoms with Gasteiger partial charge in [0.25, 0.3) is 0 Å². The summed E-state index contributed by atoms with van der Waals surface area (Å²) in [7, 11) is -3.37. The van der Waals surface area contributed by atoms with Crippen molar-refractivity contribution in [2.24, 2.45) is 5.92 Å². The standard InChI is InChI=1S/C30H36N4O5S/c1-30(2,36)29(35)20-6-9-23(31-17-20)24-10-11-25(33-24)27(16-19-12-14-39-15-13-19)34-26-4-3-5-28(22(26)18-32-34)40(37,38)21-7-8-21/h3-6,9-11,17-19,21,27,29,33,35-36H,7-8,12-16H2,1-2H3. The third-order valence-corrected chi connectivity index (χ3v) is 10.5. The normalized spacial score (nSPS) is 18.7. The van der Waals surface area contributed by atoms with E-state index in [1.165, 1.54) is 0 Å². The minimum Gasteiger partial charge on any atom is -0.387 e. The van der Waals surface area contributed by atoms with E-state index in [0.29, 0.717) is 27.5 Å². The summed E-state index contributed by atoms with van der Waals surface area (Å²) in [5.41, 5.74) is 2.57. The van der Waals surface area contributed by atoms with E-state index in [0.717, 1.165) is 62.2 Å². The summed E-state index contributed by atoms with van der Waals surface area (Å²) in [6, 6.07) is 12.9. The van der Waals surface area contributed by atoms with Crippen LogP contribution in [-0.2, 0) is 14.6 Å². The van der Waals surface area contributed by atoms with Gasteiger partial charge in [0.1, 0.15) is 6.10 Å². The smallest absolute Gasteiger partial charge is 0.181 e. The van der Waals surface area contributed by atoms with Gasteiger partial charge in [0.2, 0.25) is 0 Å². The summed E-state index contributed by atoms with van der Waals surface area (Å²) < 4.78 is 33.9. The summed E-state index contributed by atoms with van der Waals surface area (Å²) in [4.78, 5) is 8.45. The van der Waals surface area contributed by atoms with Gasteiger partial charge in [-0.3, -0.25) is 9.67 Å². The summed E-state index contributed by atoms with van der Waals surface area (Å²) in [5, 5.41) is 25.7. The maximum absolute atomic E-state index is 13.2. The highest BCUT2D eigenvalue weighted by molar-refractivity contribution is 7.92. The average Bonchev–Trinajstić information content (AvgIpc) is 3.56. The molecule has 0 spiro atoms. The molecule has 1 aliphatic carbocycles. The summed E-state index contributed by atoms with van der Waals surface area (Å²) >= 11 is 0. The van der Waals surface area contributed by atoms with Gasteiger partial charge in [-0.1, -0.05) is 12.1 Å². The highest BCUT2D eigenvalue weighted by Gasteiger charge is 2.38. The number of aliphatic hydroxyl groups is 2. The first-order valence-electron chi connectivity index (χ1n) is 14.0. The van der Waals surface area contributed by atoms with Crippen LogP contribution in [0.15, 0.2) is 59.8 Å². The lowest BCUT2D eigenvalue weighted by Gasteiger charge is -2.27. The number of aliphatic hydroxyl groups excluding tert-OH is 1. The van der Waals surface area contributed by atoms with Crippen LogP contribution in [0.2, 0.25) is 0 Å². The number of benzene rings is 1. The van der Waals surface area contributed by atoms with Crippen LogP contribution in [0.3, 0.4) is 0 Å². The predicted octanol–water partition coefficient (Wildman–Crippen LogP) is 4.57. The SMILES string of the molecule is CC(C)(O)C(O)c1ccc(-c2ccc(C(CC3CCOCC3)n3ncc4c(S(=O)(=O)C5CC5)cccc43)[nH]2)nc1. The van der Waals surface area contributed by atoms with E-state index >= 15 is 0 Å². The fourth-order valence-electron chi connectivity index (χ4n) is 5.64. The van der Waals surface area contributed by atoms with Crippen LogP contribution in [0.5, 0.6) is 0 Å². The Morgan fingerprint density at radius 1 is 1.07 bits per heavy atom. The highest BCUT2D eigenvalue weighted by Crippen LogP contribution is 2.38. The third-order valence-electron chi connectivity index (χ3n) is 8.18. The van der Waals surface area contributed by atoms with Gasteiger partial charge in [0.15, 0.2) is 9.84 Å². The largest absolute Gasteiger partial charge is 0.387 e. The Kier molecular flexibility index (Phi) is 7.06. The van der Waals surface area contributed by atoms with Crippen LogP contribution in [0.4, 0.5) is 0 Å². The molecule has 6 rings (SSSR count). The number of sulfone groups is 1.